The van der Waals surface area contributed by atoms with Gasteiger partial charge in [0.05, 0.1) is 12.4 Å². The first-order chi connectivity index (χ1) is 9.22. The van der Waals surface area contributed by atoms with Gasteiger partial charge in [0.15, 0.2) is 0 Å². The van der Waals surface area contributed by atoms with Crippen molar-refractivity contribution in [2.75, 3.05) is 18.9 Å². The smallest absolute Gasteiger partial charge is 0.274 e. The van der Waals surface area contributed by atoms with E-state index in [-0.39, 0.29) is 5.91 Å². The number of carbonyl (C=O) groups is 1. The number of rotatable bonds is 4. The lowest BCUT2D eigenvalue weighted by Crippen LogP contribution is -2.38. The molecule has 0 aliphatic heterocycles. The number of amides is 1. The molecule has 1 aliphatic rings. The standard InChI is InChI=1S/C14H22N4O/c1-3-15-13-10-16-12(9-17-13)14(19)18(2)11-7-5-4-6-8-11/h9-11H,3-8H2,1-2H3,(H,15,17). The molecule has 1 amide bonds. The van der Waals surface area contributed by atoms with Gasteiger partial charge in [-0.1, -0.05) is 19.3 Å². The Morgan fingerprint density at radius 3 is 2.63 bits per heavy atom. The minimum absolute atomic E-state index is 0.0255. The quantitative estimate of drug-likeness (QED) is 0.904. The summed E-state index contributed by atoms with van der Waals surface area (Å²) in [6.07, 6.45) is 9.09. The van der Waals surface area contributed by atoms with E-state index in [9.17, 15) is 4.79 Å². The Morgan fingerprint density at radius 2 is 2.05 bits per heavy atom. The van der Waals surface area contributed by atoms with E-state index in [1.165, 1.54) is 19.3 Å². The van der Waals surface area contributed by atoms with Crippen molar-refractivity contribution in [1.82, 2.24) is 14.9 Å². The third-order valence-corrected chi connectivity index (χ3v) is 3.67. The van der Waals surface area contributed by atoms with Crippen LogP contribution in [-0.2, 0) is 0 Å². The highest BCUT2D eigenvalue weighted by Gasteiger charge is 2.23. The van der Waals surface area contributed by atoms with Gasteiger partial charge in [-0.3, -0.25) is 4.79 Å². The largest absolute Gasteiger partial charge is 0.369 e. The van der Waals surface area contributed by atoms with E-state index >= 15 is 0 Å². The van der Waals surface area contributed by atoms with Crippen molar-refractivity contribution in [3.05, 3.63) is 18.1 Å². The number of aromatic nitrogens is 2. The highest BCUT2D eigenvalue weighted by atomic mass is 16.2. The first-order valence-electron chi connectivity index (χ1n) is 7.05. The maximum atomic E-state index is 12.3. The third kappa shape index (κ3) is 3.43. The van der Waals surface area contributed by atoms with Gasteiger partial charge < -0.3 is 10.2 Å². The lowest BCUT2D eigenvalue weighted by molar-refractivity contribution is 0.0690. The van der Waals surface area contributed by atoms with Crippen molar-refractivity contribution in [2.24, 2.45) is 0 Å². The predicted molar refractivity (Wildman–Crippen MR) is 75.2 cm³/mol. The van der Waals surface area contributed by atoms with Gasteiger partial charge in [0.2, 0.25) is 0 Å². The van der Waals surface area contributed by atoms with E-state index in [1.54, 1.807) is 12.4 Å². The Labute approximate surface area is 114 Å². The van der Waals surface area contributed by atoms with Gasteiger partial charge in [-0.15, -0.1) is 0 Å². The van der Waals surface area contributed by atoms with Gasteiger partial charge >= 0.3 is 0 Å². The summed E-state index contributed by atoms with van der Waals surface area (Å²) in [6, 6.07) is 0.358. The van der Waals surface area contributed by atoms with Crippen molar-refractivity contribution in [3.63, 3.8) is 0 Å². The zero-order valence-electron chi connectivity index (χ0n) is 11.7. The third-order valence-electron chi connectivity index (χ3n) is 3.67. The second kappa shape index (κ2) is 6.50. The number of nitrogens with one attached hydrogen (secondary N) is 1. The zero-order chi connectivity index (χ0) is 13.7. The molecule has 5 heteroatoms. The second-order valence-electron chi connectivity index (χ2n) is 5.03. The van der Waals surface area contributed by atoms with Crippen LogP contribution in [0.2, 0.25) is 0 Å². The Hall–Kier alpha value is -1.65. The molecule has 104 valence electrons. The Balaban J connectivity index is 2.01. The monoisotopic (exact) mass is 262 g/mol. The fourth-order valence-corrected chi connectivity index (χ4v) is 2.53. The lowest BCUT2D eigenvalue weighted by atomic mass is 9.94. The molecule has 1 fully saturated rings. The van der Waals surface area contributed by atoms with Crippen molar-refractivity contribution in [2.45, 2.75) is 45.1 Å². The van der Waals surface area contributed by atoms with Crippen molar-refractivity contribution < 1.29 is 4.79 Å². The minimum Gasteiger partial charge on any atom is -0.369 e. The summed E-state index contributed by atoms with van der Waals surface area (Å²) >= 11 is 0. The molecule has 1 aliphatic carbocycles. The lowest BCUT2D eigenvalue weighted by Gasteiger charge is -2.30. The van der Waals surface area contributed by atoms with Crippen molar-refractivity contribution >= 4 is 11.7 Å². The predicted octanol–water partition coefficient (Wildman–Crippen LogP) is 2.31. The zero-order valence-corrected chi connectivity index (χ0v) is 11.7. The van der Waals surface area contributed by atoms with Crippen LogP contribution in [0.25, 0.3) is 0 Å². The maximum absolute atomic E-state index is 12.3. The highest BCUT2D eigenvalue weighted by molar-refractivity contribution is 5.92. The Kier molecular flexibility index (Phi) is 4.71. The van der Waals surface area contributed by atoms with Crippen LogP contribution in [0.4, 0.5) is 5.82 Å². The highest BCUT2D eigenvalue weighted by Crippen LogP contribution is 2.22. The van der Waals surface area contributed by atoms with Crippen LogP contribution in [0.1, 0.15) is 49.5 Å². The fourth-order valence-electron chi connectivity index (χ4n) is 2.53. The second-order valence-corrected chi connectivity index (χ2v) is 5.03. The molecule has 1 N–H and O–H groups in total. The van der Waals surface area contributed by atoms with E-state index in [2.05, 4.69) is 15.3 Å². The molecule has 0 unspecified atom stereocenters. The summed E-state index contributed by atoms with van der Waals surface area (Å²) in [6.45, 7) is 2.79. The summed E-state index contributed by atoms with van der Waals surface area (Å²) in [5, 5.41) is 3.07. The van der Waals surface area contributed by atoms with Crippen LogP contribution >= 0.6 is 0 Å². The van der Waals surface area contributed by atoms with Gasteiger partial charge in [-0.25, -0.2) is 9.97 Å². The van der Waals surface area contributed by atoms with Crippen LogP contribution in [0.3, 0.4) is 0 Å². The van der Waals surface area contributed by atoms with E-state index in [0.29, 0.717) is 17.6 Å². The molecular formula is C14H22N4O. The Morgan fingerprint density at radius 1 is 1.32 bits per heavy atom. The van der Waals surface area contributed by atoms with Crippen molar-refractivity contribution in [3.8, 4) is 0 Å². The topological polar surface area (TPSA) is 58.1 Å². The molecule has 0 atom stereocenters. The summed E-state index contributed by atoms with van der Waals surface area (Å²) in [4.78, 5) is 22.5. The molecule has 0 spiro atoms. The first kappa shape index (κ1) is 13.8. The molecule has 0 radical (unpaired) electrons. The normalized spacial score (nSPS) is 16.1. The van der Waals surface area contributed by atoms with Gasteiger partial charge in [0.1, 0.15) is 11.5 Å². The number of hydrogen-bond donors (Lipinski definition) is 1. The summed E-state index contributed by atoms with van der Waals surface area (Å²) in [5.74, 6) is 0.682. The van der Waals surface area contributed by atoms with E-state index < -0.39 is 0 Å². The maximum Gasteiger partial charge on any atom is 0.274 e. The molecule has 5 nitrogen and oxygen atoms in total. The molecule has 1 saturated carbocycles. The summed E-state index contributed by atoms with van der Waals surface area (Å²) in [5.41, 5.74) is 0.426. The van der Waals surface area contributed by atoms with E-state index in [0.717, 1.165) is 19.4 Å². The van der Waals surface area contributed by atoms with E-state index in [4.69, 9.17) is 0 Å². The van der Waals surface area contributed by atoms with Crippen LogP contribution in [-0.4, -0.2) is 40.4 Å². The van der Waals surface area contributed by atoms with Gasteiger partial charge in [0.25, 0.3) is 5.91 Å². The van der Waals surface area contributed by atoms with Crippen LogP contribution in [0, 0.1) is 0 Å². The average Bonchev–Trinajstić information content (AvgIpc) is 2.48. The summed E-state index contributed by atoms with van der Waals surface area (Å²) in [7, 11) is 1.87. The van der Waals surface area contributed by atoms with Gasteiger partial charge in [0, 0.05) is 19.6 Å². The molecule has 1 heterocycles. The number of hydrogen-bond acceptors (Lipinski definition) is 4. The fraction of sp³-hybridized carbons (Fsp3) is 0.643. The van der Waals surface area contributed by atoms with Crippen LogP contribution < -0.4 is 5.32 Å². The number of anilines is 1. The minimum atomic E-state index is -0.0255. The van der Waals surface area contributed by atoms with E-state index in [1.807, 2.05) is 18.9 Å². The molecule has 2 rings (SSSR count). The van der Waals surface area contributed by atoms with Crippen molar-refractivity contribution in [1.29, 1.82) is 0 Å². The average molecular weight is 262 g/mol. The molecule has 19 heavy (non-hydrogen) atoms. The summed E-state index contributed by atoms with van der Waals surface area (Å²) < 4.78 is 0. The SMILES string of the molecule is CCNc1cnc(C(=O)N(C)C2CCCCC2)cn1. The van der Waals surface area contributed by atoms with Crippen LogP contribution in [0.15, 0.2) is 12.4 Å². The van der Waals surface area contributed by atoms with Gasteiger partial charge in [-0.05, 0) is 19.8 Å². The molecule has 1 aromatic rings. The number of carbonyl (C=O) groups excluding carboxylic acids is 1. The molecule has 0 bridgehead atoms. The number of nitrogens with zero attached hydrogens (tertiary/aromatic N) is 3. The molecular weight excluding hydrogens is 240 g/mol. The Bertz CT molecular complexity index is 412. The molecule has 1 aromatic heterocycles. The molecule has 0 aromatic carbocycles. The van der Waals surface area contributed by atoms with Crippen LogP contribution in [0.5, 0.6) is 0 Å². The first-order valence-corrected chi connectivity index (χ1v) is 7.05. The van der Waals surface area contributed by atoms with Gasteiger partial charge in [-0.2, -0.15) is 0 Å². The molecule has 0 saturated heterocycles.